The number of imide groups is 1. The molecule has 9 nitrogen and oxygen atoms in total. The molecule has 0 aromatic carbocycles. The molecular weight excluding hydrogens is 336 g/mol. The third-order valence-electron chi connectivity index (χ3n) is 4.59. The van der Waals surface area contributed by atoms with Crippen LogP contribution in [0.3, 0.4) is 0 Å². The van der Waals surface area contributed by atoms with E-state index >= 15 is 0 Å². The van der Waals surface area contributed by atoms with E-state index in [1.807, 2.05) is 38.3 Å². The Morgan fingerprint density at radius 3 is 2.58 bits per heavy atom. The molecule has 0 N–H and O–H groups in total. The zero-order chi connectivity index (χ0) is 19.0. The quantitative estimate of drug-likeness (QED) is 0.563. The first kappa shape index (κ1) is 18.2. The van der Waals surface area contributed by atoms with Crippen molar-refractivity contribution in [3.05, 3.63) is 17.5 Å². The van der Waals surface area contributed by atoms with Gasteiger partial charge in [-0.15, -0.1) is 9.78 Å². The molecule has 140 valence electrons. The number of likely N-dealkylation sites (N-methyl/N-ethyl adjacent to an activating group) is 2. The van der Waals surface area contributed by atoms with Gasteiger partial charge in [0.15, 0.2) is 0 Å². The SMILES string of the molecule is CCOCCN1C(=O)C2C(=NC(n3nc(C)cc3C)=[N+]2CC)N(C)C1=O. The number of amides is 3. The molecule has 0 bridgehead atoms. The molecule has 0 saturated carbocycles. The Bertz CT molecular complexity index is 809. The van der Waals surface area contributed by atoms with Crippen LogP contribution in [0.5, 0.6) is 0 Å². The molecule has 0 aliphatic carbocycles. The van der Waals surface area contributed by atoms with E-state index in [0.29, 0.717) is 31.6 Å². The average Bonchev–Trinajstić information content (AvgIpc) is 3.15. The molecule has 1 unspecified atom stereocenters. The summed E-state index contributed by atoms with van der Waals surface area (Å²) < 4.78 is 8.92. The summed E-state index contributed by atoms with van der Waals surface area (Å²) in [6.45, 7) is 9.34. The standard InChI is InChI=1S/C17H25N6O3/c1-6-21-13-14(18-16(21)23-12(4)10-11(3)19-23)20(5)17(25)22(15(13)24)8-9-26-7-2/h10,13H,6-9H2,1-5H3/q+1. The van der Waals surface area contributed by atoms with Gasteiger partial charge >= 0.3 is 12.0 Å². The van der Waals surface area contributed by atoms with Crippen LogP contribution in [-0.2, 0) is 9.53 Å². The molecule has 3 heterocycles. The number of rotatable bonds is 5. The van der Waals surface area contributed by atoms with Crippen molar-refractivity contribution in [1.82, 2.24) is 19.6 Å². The fourth-order valence-corrected chi connectivity index (χ4v) is 3.34. The first-order valence-electron chi connectivity index (χ1n) is 8.83. The molecule has 3 amide bonds. The van der Waals surface area contributed by atoms with Crippen molar-refractivity contribution in [3.8, 4) is 0 Å². The molecule has 2 aliphatic rings. The van der Waals surface area contributed by atoms with E-state index < -0.39 is 6.04 Å². The molecule has 2 aliphatic heterocycles. The second-order valence-electron chi connectivity index (χ2n) is 6.33. The van der Waals surface area contributed by atoms with E-state index in [0.717, 1.165) is 11.4 Å². The molecule has 1 saturated heterocycles. The summed E-state index contributed by atoms with van der Waals surface area (Å²) in [5.41, 5.74) is 1.80. The number of amidine groups is 1. The highest BCUT2D eigenvalue weighted by Gasteiger charge is 2.52. The Balaban J connectivity index is 2.01. The summed E-state index contributed by atoms with van der Waals surface area (Å²) in [4.78, 5) is 33.0. The molecule has 1 aromatic heterocycles. The van der Waals surface area contributed by atoms with Crippen LogP contribution in [0, 0.1) is 13.8 Å². The molecule has 1 atom stereocenters. The Labute approximate surface area is 152 Å². The molecule has 1 aromatic rings. The van der Waals surface area contributed by atoms with Gasteiger partial charge in [0.25, 0.3) is 5.91 Å². The number of nitrogens with zero attached hydrogens (tertiary/aromatic N) is 6. The smallest absolute Gasteiger partial charge is 0.380 e. The number of aliphatic imine (C=N–C) groups is 1. The van der Waals surface area contributed by atoms with Crippen LogP contribution in [-0.4, -0.2) is 87.3 Å². The second-order valence-corrected chi connectivity index (χ2v) is 6.33. The Morgan fingerprint density at radius 2 is 2.00 bits per heavy atom. The fraction of sp³-hybridized carbons (Fsp3) is 0.588. The summed E-state index contributed by atoms with van der Waals surface area (Å²) in [5.74, 6) is 0.736. The number of aromatic nitrogens is 2. The highest BCUT2D eigenvalue weighted by molar-refractivity contribution is 6.22. The summed E-state index contributed by atoms with van der Waals surface area (Å²) in [5, 5.41) is 4.48. The van der Waals surface area contributed by atoms with Crippen LogP contribution >= 0.6 is 0 Å². The van der Waals surface area contributed by atoms with E-state index in [4.69, 9.17) is 4.74 Å². The van der Waals surface area contributed by atoms with Gasteiger partial charge in [0.2, 0.25) is 11.9 Å². The lowest BCUT2D eigenvalue weighted by atomic mass is 10.1. The van der Waals surface area contributed by atoms with Crippen molar-refractivity contribution in [2.45, 2.75) is 33.7 Å². The minimum absolute atomic E-state index is 0.229. The third-order valence-corrected chi connectivity index (χ3v) is 4.59. The van der Waals surface area contributed by atoms with Crippen molar-refractivity contribution < 1.29 is 18.9 Å². The van der Waals surface area contributed by atoms with Gasteiger partial charge in [-0.2, -0.15) is 0 Å². The van der Waals surface area contributed by atoms with Gasteiger partial charge in [-0.05, 0) is 33.8 Å². The highest BCUT2D eigenvalue weighted by atomic mass is 16.5. The molecule has 0 spiro atoms. The number of carbonyl (C=O) groups is 2. The van der Waals surface area contributed by atoms with Gasteiger partial charge in [-0.25, -0.2) is 9.37 Å². The van der Waals surface area contributed by atoms with Crippen LogP contribution in [0.4, 0.5) is 4.79 Å². The zero-order valence-electron chi connectivity index (χ0n) is 15.9. The molecule has 0 radical (unpaired) electrons. The Hall–Kier alpha value is -2.55. The summed E-state index contributed by atoms with van der Waals surface area (Å²) in [6.07, 6.45) is 0. The van der Waals surface area contributed by atoms with Gasteiger partial charge in [-0.3, -0.25) is 14.6 Å². The summed E-state index contributed by atoms with van der Waals surface area (Å²) >= 11 is 0. The number of ether oxygens (including phenoxy) is 1. The third kappa shape index (κ3) is 2.82. The summed E-state index contributed by atoms with van der Waals surface area (Å²) in [6, 6.07) is 0.951. The average molecular weight is 361 g/mol. The second kappa shape index (κ2) is 6.99. The van der Waals surface area contributed by atoms with Gasteiger partial charge < -0.3 is 4.74 Å². The monoisotopic (exact) mass is 361 g/mol. The maximum atomic E-state index is 13.1. The number of aryl methyl sites for hydroxylation is 2. The predicted octanol–water partition coefficient (Wildman–Crippen LogP) is 0.448. The predicted molar refractivity (Wildman–Crippen MR) is 95.5 cm³/mol. The van der Waals surface area contributed by atoms with E-state index in [2.05, 4.69) is 10.1 Å². The van der Waals surface area contributed by atoms with E-state index in [9.17, 15) is 9.59 Å². The lowest BCUT2D eigenvalue weighted by molar-refractivity contribution is -0.534. The number of carbonyl (C=O) groups excluding carboxylic acids is 2. The highest BCUT2D eigenvalue weighted by Crippen LogP contribution is 2.20. The van der Waals surface area contributed by atoms with E-state index in [-0.39, 0.29) is 18.5 Å². The Morgan fingerprint density at radius 1 is 1.27 bits per heavy atom. The molecular formula is C17H25N6O3+. The molecule has 1 fully saturated rings. The topological polar surface area (TPSA) is 83.0 Å². The fourth-order valence-electron chi connectivity index (χ4n) is 3.34. The van der Waals surface area contributed by atoms with Gasteiger partial charge in [0.1, 0.15) is 5.69 Å². The molecule has 26 heavy (non-hydrogen) atoms. The van der Waals surface area contributed by atoms with Crippen molar-refractivity contribution in [2.24, 2.45) is 4.99 Å². The van der Waals surface area contributed by atoms with Crippen LogP contribution in [0.1, 0.15) is 25.2 Å². The van der Waals surface area contributed by atoms with Gasteiger partial charge in [-0.1, -0.05) is 4.99 Å². The lowest BCUT2D eigenvalue weighted by Crippen LogP contribution is -2.63. The normalized spacial score (nSPS) is 20.2. The maximum absolute atomic E-state index is 13.1. The van der Waals surface area contributed by atoms with E-state index in [1.165, 1.54) is 9.80 Å². The van der Waals surface area contributed by atoms with Crippen LogP contribution < -0.4 is 0 Å². The molecule has 3 rings (SSSR count). The maximum Gasteiger partial charge on any atom is 0.421 e. The largest absolute Gasteiger partial charge is 0.421 e. The first-order valence-corrected chi connectivity index (χ1v) is 8.83. The van der Waals surface area contributed by atoms with Crippen molar-refractivity contribution in [3.63, 3.8) is 0 Å². The van der Waals surface area contributed by atoms with Crippen LogP contribution in [0.25, 0.3) is 0 Å². The zero-order valence-corrected chi connectivity index (χ0v) is 15.9. The van der Waals surface area contributed by atoms with Gasteiger partial charge in [0, 0.05) is 13.7 Å². The number of urea groups is 1. The minimum atomic E-state index is -0.622. The number of hydrogen-bond donors (Lipinski definition) is 0. The number of hydrogen-bond acceptors (Lipinski definition) is 5. The van der Waals surface area contributed by atoms with Gasteiger partial charge in [0.05, 0.1) is 25.4 Å². The number of fused-ring (bicyclic) bond motifs is 1. The van der Waals surface area contributed by atoms with Crippen LogP contribution in [0.2, 0.25) is 0 Å². The van der Waals surface area contributed by atoms with E-state index in [1.54, 1.807) is 11.7 Å². The lowest BCUT2D eigenvalue weighted by Gasteiger charge is -2.33. The first-order chi connectivity index (χ1) is 12.4. The van der Waals surface area contributed by atoms with Crippen LogP contribution in [0.15, 0.2) is 11.1 Å². The molecule has 9 heteroatoms. The minimum Gasteiger partial charge on any atom is -0.380 e. The Kier molecular flexibility index (Phi) is 4.90. The van der Waals surface area contributed by atoms with Crippen molar-refractivity contribution in [1.29, 1.82) is 0 Å². The van der Waals surface area contributed by atoms with Crippen molar-refractivity contribution >= 4 is 23.7 Å². The summed E-state index contributed by atoms with van der Waals surface area (Å²) in [7, 11) is 1.65. The van der Waals surface area contributed by atoms with Crippen molar-refractivity contribution in [2.75, 3.05) is 33.4 Å².